The molecule has 0 bridgehead atoms. The predicted octanol–water partition coefficient (Wildman–Crippen LogP) is 2.29. The lowest BCUT2D eigenvalue weighted by atomic mass is 10.1. The van der Waals surface area contributed by atoms with E-state index in [1.165, 1.54) is 0 Å². The third kappa shape index (κ3) is 4.40. The van der Waals surface area contributed by atoms with Crippen molar-refractivity contribution in [1.82, 2.24) is 15.2 Å². The van der Waals surface area contributed by atoms with Crippen molar-refractivity contribution < 1.29 is 9.59 Å². The smallest absolute Gasteiger partial charge is 0.257 e. The average Bonchev–Trinajstić information content (AvgIpc) is 3.29. The number of aryl methyl sites for hydroxylation is 1. The number of rotatable bonds is 4. The van der Waals surface area contributed by atoms with Gasteiger partial charge in [-0.25, -0.2) is 4.98 Å². The summed E-state index contributed by atoms with van der Waals surface area (Å²) in [5.41, 5.74) is 2.71. The molecule has 7 nitrogen and oxygen atoms in total. The normalized spacial score (nSPS) is 16.7. The van der Waals surface area contributed by atoms with Crippen LogP contribution in [0.5, 0.6) is 0 Å². The minimum absolute atomic E-state index is 0.00446. The van der Waals surface area contributed by atoms with E-state index >= 15 is 0 Å². The molecule has 2 aliphatic rings. The molecule has 0 unspecified atom stereocenters. The molecule has 2 aliphatic heterocycles. The van der Waals surface area contributed by atoms with Gasteiger partial charge < -0.3 is 20.4 Å². The fourth-order valence-electron chi connectivity index (χ4n) is 3.89. The molecule has 3 heterocycles. The number of piperazine rings is 1. The number of pyridine rings is 1. The van der Waals surface area contributed by atoms with E-state index in [9.17, 15) is 9.59 Å². The van der Waals surface area contributed by atoms with Gasteiger partial charge in [-0.05, 0) is 38.0 Å². The Morgan fingerprint density at radius 3 is 2.55 bits per heavy atom. The van der Waals surface area contributed by atoms with Crippen LogP contribution in [-0.2, 0) is 0 Å². The molecule has 29 heavy (non-hydrogen) atoms. The number of hydrogen-bond donors (Lipinski definition) is 2. The van der Waals surface area contributed by atoms with Crippen LogP contribution in [0.15, 0.2) is 36.5 Å². The third-order valence-electron chi connectivity index (χ3n) is 5.45. The summed E-state index contributed by atoms with van der Waals surface area (Å²) in [5, 5.41) is 6.23. The summed E-state index contributed by atoms with van der Waals surface area (Å²) in [7, 11) is 0. The van der Waals surface area contributed by atoms with E-state index in [1.807, 2.05) is 30.0 Å². The fourth-order valence-corrected chi connectivity index (χ4v) is 3.89. The Hall–Kier alpha value is -2.93. The van der Waals surface area contributed by atoms with Gasteiger partial charge in [0.05, 0.1) is 17.4 Å². The number of aromatic nitrogens is 1. The Morgan fingerprint density at radius 2 is 1.83 bits per heavy atom. The van der Waals surface area contributed by atoms with Crippen LogP contribution in [-0.4, -0.2) is 61.0 Å². The molecule has 2 amide bonds. The van der Waals surface area contributed by atoms with Crippen molar-refractivity contribution in [2.75, 3.05) is 49.5 Å². The van der Waals surface area contributed by atoms with Gasteiger partial charge in [-0.2, -0.15) is 0 Å². The van der Waals surface area contributed by atoms with Crippen molar-refractivity contribution in [1.29, 1.82) is 0 Å². The van der Waals surface area contributed by atoms with Gasteiger partial charge in [-0.15, -0.1) is 0 Å². The molecule has 1 aromatic heterocycles. The summed E-state index contributed by atoms with van der Waals surface area (Å²) >= 11 is 0. The molecule has 1 aromatic carbocycles. The molecular weight excluding hydrogens is 366 g/mol. The number of nitrogens with zero attached hydrogens (tertiary/aromatic N) is 3. The number of anilines is 2. The Balaban J connectivity index is 1.62. The topological polar surface area (TPSA) is 77.6 Å². The van der Waals surface area contributed by atoms with Gasteiger partial charge in [-0.1, -0.05) is 17.7 Å². The highest BCUT2D eigenvalue weighted by Gasteiger charge is 2.26. The number of benzene rings is 1. The van der Waals surface area contributed by atoms with Crippen molar-refractivity contribution in [2.45, 2.75) is 19.8 Å². The lowest BCUT2D eigenvalue weighted by Gasteiger charge is -2.30. The third-order valence-corrected chi connectivity index (χ3v) is 5.45. The van der Waals surface area contributed by atoms with E-state index in [0.717, 1.165) is 57.7 Å². The SMILES string of the molecule is Cc1cccc(C(=O)Nc2cnc(N3CCNCC3)c(C(=O)N3CCCC3)c2)c1. The summed E-state index contributed by atoms with van der Waals surface area (Å²) in [6, 6.07) is 9.21. The van der Waals surface area contributed by atoms with Crippen LogP contribution in [0.2, 0.25) is 0 Å². The quantitative estimate of drug-likeness (QED) is 0.833. The highest BCUT2D eigenvalue weighted by molar-refractivity contribution is 6.06. The molecule has 7 heteroatoms. The highest BCUT2D eigenvalue weighted by Crippen LogP contribution is 2.25. The first-order valence-electron chi connectivity index (χ1n) is 10.2. The lowest BCUT2D eigenvalue weighted by Crippen LogP contribution is -2.45. The predicted molar refractivity (Wildman–Crippen MR) is 114 cm³/mol. The van der Waals surface area contributed by atoms with Crippen molar-refractivity contribution in [3.05, 3.63) is 53.2 Å². The molecule has 2 aromatic rings. The van der Waals surface area contributed by atoms with Crippen molar-refractivity contribution in [2.24, 2.45) is 0 Å². The molecule has 2 saturated heterocycles. The van der Waals surface area contributed by atoms with Gasteiger partial charge in [0.15, 0.2) is 0 Å². The van der Waals surface area contributed by atoms with E-state index in [-0.39, 0.29) is 11.8 Å². The summed E-state index contributed by atoms with van der Waals surface area (Å²) in [5.74, 6) is 0.497. The van der Waals surface area contributed by atoms with E-state index in [4.69, 9.17) is 0 Å². The summed E-state index contributed by atoms with van der Waals surface area (Å²) in [4.78, 5) is 34.5. The van der Waals surface area contributed by atoms with Crippen LogP contribution in [0.25, 0.3) is 0 Å². The molecule has 152 valence electrons. The van der Waals surface area contributed by atoms with Crippen molar-refractivity contribution in [3.63, 3.8) is 0 Å². The Morgan fingerprint density at radius 1 is 1.07 bits per heavy atom. The van der Waals surface area contributed by atoms with Gasteiger partial charge in [0.2, 0.25) is 0 Å². The second-order valence-electron chi connectivity index (χ2n) is 7.66. The zero-order valence-electron chi connectivity index (χ0n) is 16.8. The van der Waals surface area contributed by atoms with Crippen LogP contribution in [0.3, 0.4) is 0 Å². The summed E-state index contributed by atoms with van der Waals surface area (Å²) in [6.07, 6.45) is 3.71. The van der Waals surface area contributed by atoms with Crippen molar-refractivity contribution in [3.8, 4) is 0 Å². The maximum atomic E-state index is 13.2. The van der Waals surface area contributed by atoms with Gasteiger partial charge >= 0.3 is 0 Å². The number of hydrogen-bond acceptors (Lipinski definition) is 5. The average molecular weight is 393 g/mol. The molecule has 0 saturated carbocycles. The molecule has 0 radical (unpaired) electrons. The molecule has 2 fully saturated rings. The van der Waals surface area contributed by atoms with Crippen LogP contribution in [0.4, 0.5) is 11.5 Å². The molecular formula is C22H27N5O2. The maximum Gasteiger partial charge on any atom is 0.257 e. The largest absolute Gasteiger partial charge is 0.353 e. The summed E-state index contributed by atoms with van der Waals surface area (Å²) in [6.45, 7) is 6.85. The first-order chi connectivity index (χ1) is 14.1. The number of carbonyl (C=O) groups is 2. The Kier molecular flexibility index (Phi) is 5.76. The zero-order valence-corrected chi connectivity index (χ0v) is 16.8. The molecule has 0 aliphatic carbocycles. The van der Waals surface area contributed by atoms with Gasteiger partial charge in [0.25, 0.3) is 11.8 Å². The van der Waals surface area contributed by atoms with Crippen molar-refractivity contribution >= 4 is 23.3 Å². The first-order valence-corrected chi connectivity index (χ1v) is 10.2. The summed E-state index contributed by atoms with van der Waals surface area (Å²) < 4.78 is 0. The van der Waals surface area contributed by atoms with Crippen LogP contribution >= 0.6 is 0 Å². The number of likely N-dealkylation sites (tertiary alicyclic amines) is 1. The van der Waals surface area contributed by atoms with E-state index in [2.05, 4.69) is 20.5 Å². The highest BCUT2D eigenvalue weighted by atomic mass is 16.2. The van der Waals surface area contributed by atoms with E-state index in [0.29, 0.717) is 22.6 Å². The van der Waals surface area contributed by atoms with Gasteiger partial charge in [0.1, 0.15) is 5.82 Å². The second-order valence-corrected chi connectivity index (χ2v) is 7.66. The Labute approximate surface area is 171 Å². The van der Waals surface area contributed by atoms with Crippen LogP contribution < -0.4 is 15.5 Å². The molecule has 0 spiro atoms. The minimum atomic E-state index is -0.204. The molecule has 2 N–H and O–H groups in total. The van der Waals surface area contributed by atoms with Gasteiger partial charge in [-0.3, -0.25) is 9.59 Å². The molecule has 4 rings (SSSR count). The Bertz CT molecular complexity index is 902. The number of carbonyl (C=O) groups excluding carboxylic acids is 2. The van der Waals surface area contributed by atoms with E-state index in [1.54, 1.807) is 18.3 Å². The fraction of sp³-hybridized carbons (Fsp3) is 0.409. The monoisotopic (exact) mass is 393 g/mol. The standard InChI is InChI=1S/C22H27N5O2/c1-16-5-4-6-17(13-16)21(28)25-18-14-19(22(29)27-9-2-3-10-27)20(24-15-18)26-11-7-23-8-12-26/h4-6,13-15,23H,2-3,7-12H2,1H3,(H,25,28). The number of nitrogens with one attached hydrogen (secondary N) is 2. The number of amides is 2. The van der Waals surface area contributed by atoms with E-state index < -0.39 is 0 Å². The zero-order chi connectivity index (χ0) is 20.2. The first kappa shape index (κ1) is 19.4. The molecule has 0 atom stereocenters. The minimum Gasteiger partial charge on any atom is -0.353 e. The maximum absolute atomic E-state index is 13.2. The van der Waals surface area contributed by atoms with Gasteiger partial charge in [0, 0.05) is 44.8 Å². The lowest BCUT2D eigenvalue weighted by molar-refractivity contribution is 0.0792. The van der Waals surface area contributed by atoms with Crippen LogP contribution in [0, 0.1) is 6.92 Å². The van der Waals surface area contributed by atoms with Crippen LogP contribution in [0.1, 0.15) is 39.1 Å². The second kappa shape index (κ2) is 8.61.